The second kappa shape index (κ2) is 3.82. The number of hydrogen-bond donors (Lipinski definition) is 1. The van der Waals surface area contributed by atoms with Gasteiger partial charge in [-0.05, 0) is 26.0 Å². The van der Waals surface area contributed by atoms with Gasteiger partial charge in [0.1, 0.15) is 0 Å². The van der Waals surface area contributed by atoms with Gasteiger partial charge in [0.15, 0.2) is 5.82 Å². The summed E-state index contributed by atoms with van der Waals surface area (Å²) >= 11 is 0. The predicted molar refractivity (Wildman–Crippen MR) is 58.7 cm³/mol. The molecule has 2 N–H and O–H groups in total. The fourth-order valence-corrected chi connectivity index (χ4v) is 1.49. The molecule has 15 heavy (non-hydrogen) atoms. The Morgan fingerprint density at radius 3 is 2.80 bits per heavy atom. The smallest absolute Gasteiger partial charge is 0.158 e. The Balaban J connectivity index is 2.52. The highest BCUT2D eigenvalue weighted by atomic mass is 15.3. The Bertz CT molecular complexity index is 459. The van der Waals surface area contributed by atoms with Crippen LogP contribution in [0.5, 0.6) is 0 Å². The van der Waals surface area contributed by atoms with E-state index in [2.05, 4.69) is 10.1 Å². The molecule has 4 nitrogen and oxygen atoms in total. The molecule has 0 bridgehead atoms. The molecule has 2 heterocycles. The van der Waals surface area contributed by atoms with Crippen LogP contribution in [0.3, 0.4) is 0 Å². The lowest BCUT2D eigenvalue weighted by Gasteiger charge is -2.10. The minimum Gasteiger partial charge on any atom is -0.324 e. The summed E-state index contributed by atoms with van der Waals surface area (Å²) in [4.78, 5) is 4.30. The first-order valence-corrected chi connectivity index (χ1v) is 4.91. The van der Waals surface area contributed by atoms with E-state index in [0.717, 1.165) is 17.1 Å². The summed E-state index contributed by atoms with van der Waals surface area (Å²) in [6, 6.07) is 5.76. The third-order valence-corrected chi connectivity index (χ3v) is 2.25. The molecule has 1 atom stereocenters. The van der Waals surface area contributed by atoms with Crippen molar-refractivity contribution in [2.24, 2.45) is 5.73 Å². The normalized spacial score (nSPS) is 12.7. The summed E-state index contributed by atoms with van der Waals surface area (Å²) in [5.74, 6) is 0.806. The lowest BCUT2D eigenvalue weighted by molar-refractivity contribution is 0.757. The van der Waals surface area contributed by atoms with Crippen LogP contribution in [0.15, 0.2) is 30.6 Å². The van der Waals surface area contributed by atoms with Gasteiger partial charge in [-0.2, -0.15) is 5.10 Å². The molecule has 2 aromatic heterocycles. The van der Waals surface area contributed by atoms with E-state index in [1.807, 2.05) is 38.2 Å². The molecule has 2 aromatic rings. The van der Waals surface area contributed by atoms with Crippen LogP contribution in [0.2, 0.25) is 0 Å². The van der Waals surface area contributed by atoms with Crippen LogP contribution in [0.4, 0.5) is 0 Å². The van der Waals surface area contributed by atoms with E-state index in [1.165, 1.54) is 0 Å². The molecule has 78 valence electrons. The summed E-state index contributed by atoms with van der Waals surface area (Å²) in [5, 5.41) is 4.32. The molecule has 0 aliphatic carbocycles. The van der Waals surface area contributed by atoms with Crippen molar-refractivity contribution in [2.75, 3.05) is 0 Å². The quantitative estimate of drug-likeness (QED) is 0.804. The molecular formula is C11H14N4. The first kappa shape index (κ1) is 9.86. The number of aromatic nitrogens is 3. The van der Waals surface area contributed by atoms with Crippen LogP contribution in [-0.2, 0) is 0 Å². The minimum absolute atomic E-state index is 0.0433. The molecule has 0 spiro atoms. The molecule has 0 saturated heterocycles. The van der Waals surface area contributed by atoms with Gasteiger partial charge in [0.05, 0.1) is 5.69 Å². The van der Waals surface area contributed by atoms with E-state index >= 15 is 0 Å². The van der Waals surface area contributed by atoms with E-state index in [0.29, 0.717) is 0 Å². The van der Waals surface area contributed by atoms with Crippen molar-refractivity contribution in [1.29, 1.82) is 0 Å². The van der Waals surface area contributed by atoms with Crippen LogP contribution in [0.1, 0.15) is 24.2 Å². The Hall–Kier alpha value is -1.68. The maximum Gasteiger partial charge on any atom is 0.158 e. The van der Waals surface area contributed by atoms with Gasteiger partial charge in [-0.3, -0.25) is 0 Å². The first-order valence-electron chi connectivity index (χ1n) is 4.91. The Kier molecular flexibility index (Phi) is 2.51. The molecule has 0 aromatic carbocycles. The van der Waals surface area contributed by atoms with E-state index in [1.54, 1.807) is 10.9 Å². The number of hydrogen-bond acceptors (Lipinski definition) is 3. The average molecular weight is 202 g/mol. The molecule has 0 saturated carbocycles. The van der Waals surface area contributed by atoms with Gasteiger partial charge in [-0.1, -0.05) is 6.07 Å². The molecule has 0 radical (unpaired) electrons. The van der Waals surface area contributed by atoms with Crippen molar-refractivity contribution in [3.05, 3.63) is 41.9 Å². The number of aryl methyl sites for hydroxylation is 1. The van der Waals surface area contributed by atoms with Crippen molar-refractivity contribution in [2.45, 2.75) is 19.9 Å². The second-order valence-corrected chi connectivity index (χ2v) is 3.61. The maximum atomic E-state index is 5.88. The highest BCUT2D eigenvalue weighted by molar-refractivity contribution is 5.35. The highest BCUT2D eigenvalue weighted by Crippen LogP contribution is 2.16. The third kappa shape index (κ3) is 1.89. The summed E-state index contributed by atoms with van der Waals surface area (Å²) in [6.07, 6.45) is 3.64. The topological polar surface area (TPSA) is 56.7 Å². The zero-order valence-corrected chi connectivity index (χ0v) is 8.88. The SMILES string of the molecule is Cc1ccn(-c2ncccc2[C@H](C)N)n1. The first-order chi connectivity index (χ1) is 7.18. The van der Waals surface area contributed by atoms with Crippen LogP contribution in [0.25, 0.3) is 5.82 Å². The van der Waals surface area contributed by atoms with Gasteiger partial charge < -0.3 is 5.73 Å². The zero-order valence-electron chi connectivity index (χ0n) is 8.88. The maximum absolute atomic E-state index is 5.88. The van der Waals surface area contributed by atoms with Crippen LogP contribution < -0.4 is 5.73 Å². The number of pyridine rings is 1. The Morgan fingerprint density at radius 2 is 2.20 bits per heavy atom. The van der Waals surface area contributed by atoms with Crippen molar-refractivity contribution >= 4 is 0 Å². The molecule has 0 unspecified atom stereocenters. The summed E-state index contributed by atoms with van der Waals surface area (Å²) < 4.78 is 1.76. The molecule has 0 amide bonds. The van der Waals surface area contributed by atoms with Crippen LogP contribution in [-0.4, -0.2) is 14.8 Å². The van der Waals surface area contributed by atoms with Crippen molar-refractivity contribution < 1.29 is 0 Å². The highest BCUT2D eigenvalue weighted by Gasteiger charge is 2.09. The van der Waals surface area contributed by atoms with Gasteiger partial charge in [0.2, 0.25) is 0 Å². The van der Waals surface area contributed by atoms with E-state index in [4.69, 9.17) is 5.73 Å². The van der Waals surface area contributed by atoms with E-state index < -0.39 is 0 Å². The molecule has 0 aliphatic heterocycles. The van der Waals surface area contributed by atoms with Gasteiger partial charge in [-0.15, -0.1) is 0 Å². The lowest BCUT2D eigenvalue weighted by atomic mass is 10.1. The Morgan fingerprint density at radius 1 is 1.40 bits per heavy atom. The predicted octanol–water partition coefficient (Wildman–Crippen LogP) is 1.60. The largest absolute Gasteiger partial charge is 0.324 e. The molecular weight excluding hydrogens is 188 g/mol. The summed E-state index contributed by atoms with van der Waals surface area (Å²) in [6.45, 7) is 3.89. The summed E-state index contributed by atoms with van der Waals surface area (Å²) in [5.41, 5.74) is 7.85. The molecule has 0 fully saturated rings. The van der Waals surface area contributed by atoms with Gasteiger partial charge in [0.25, 0.3) is 0 Å². The van der Waals surface area contributed by atoms with Gasteiger partial charge in [0, 0.05) is 24.0 Å². The minimum atomic E-state index is -0.0433. The standard InChI is InChI=1S/C11H14N4/c1-8-5-7-15(14-8)11-10(9(2)12)4-3-6-13-11/h3-7,9H,12H2,1-2H3/t9-/m0/s1. The van der Waals surface area contributed by atoms with Crippen molar-refractivity contribution in [3.63, 3.8) is 0 Å². The zero-order chi connectivity index (χ0) is 10.8. The average Bonchev–Trinajstić information content (AvgIpc) is 2.65. The van der Waals surface area contributed by atoms with Gasteiger partial charge >= 0.3 is 0 Å². The Labute approximate surface area is 88.8 Å². The van der Waals surface area contributed by atoms with Crippen LogP contribution >= 0.6 is 0 Å². The fourth-order valence-electron chi connectivity index (χ4n) is 1.49. The fraction of sp³-hybridized carbons (Fsp3) is 0.273. The lowest BCUT2D eigenvalue weighted by Crippen LogP contribution is -2.11. The van der Waals surface area contributed by atoms with E-state index in [-0.39, 0.29) is 6.04 Å². The van der Waals surface area contributed by atoms with Crippen LogP contribution in [0, 0.1) is 6.92 Å². The number of rotatable bonds is 2. The third-order valence-electron chi connectivity index (χ3n) is 2.25. The molecule has 4 heteroatoms. The molecule has 0 aliphatic rings. The number of nitrogens with zero attached hydrogens (tertiary/aromatic N) is 3. The van der Waals surface area contributed by atoms with Gasteiger partial charge in [-0.25, -0.2) is 9.67 Å². The molecule has 2 rings (SSSR count). The second-order valence-electron chi connectivity index (χ2n) is 3.61. The monoisotopic (exact) mass is 202 g/mol. The van der Waals surface area contributed by atoms with Crippen molar-refractivity contribution in [1.82, 2.24) is 14.8 Å². The summed E-state index contributed by atoms with van der Waals surface area (Å²) in [7, 11) is 0. The van der Waals surface area contributed by atoms with E-state index in [9.17, 15) is 0 Å². The van der Waals surface area contributed by atoms with Crippen molar-refractivity contribution in [3.8, 4) is 5.82 Å². The number of nitrogens with two attached hydrogens (primary N) is 1.